The Balaban J connectivity index is 0.00000364. The molecule has 1 aliphatic rings. The Hall–Kier alpha value is -1.01. The third-order valence-electron chi connectivity index (χ3n) is 5.24. The average molecular weight is 418 g/mol. The monoisotopic (exact) mass is 417 g/mol. The van der Waals surface area contributed by atoms with Crippen LogP contribution >= 0.6 is 24.0 Å². The number of halogens is 2. The van der Waals surface area contributed by atoms with Crippen molar-refractivity contribution in [2.24, 2.45) is 5.92 Å². The molecule has 1 aromatic carbocycles. The van der Waals surface area contributed by atoms with Crippen molar-refractivity contribution >= 4 is 29.9 Å². The molecule has 1 fully saturated rings. The normalized spacial score (nSPS) is 16.4. The number of piperidine rings is 1. The first kappa shape index (κ1) is 24.0. The number of likely N-dealkylation sites (tertiary alicyclic amines) is 1. The molecule has 1 aromatic rings. The maximum absolute atomic E-state index is 12.7. The summed E-state index contributed by atoms with van der Waals surface area (Å²) in [5.41, 5.74) is 0. The molecule has 154 valence electrons. The highest BCUT2D eigenvalue weighted by Crippen LogP contribution is 2.22. The van der Waals surface area contributed by atoms with Crippen molar-refractivity contribution in [3.05, 3.63) is 29.3 Å². The van der Waals surface area contributed by atoms with Gasteiger partial charge in [-0.1, -0.05) is 11.6 Å². The maximum Gasteiger partial charge on any atom is 0.239 e. The lowest BCUT2D eigenvalue weighted by atomic mass is 9.92. The Labute approximate surface area is 174 Å². The highest BCUT2D eigenvalue weighted by atomic mass is 35.5. The van der Waals surface area contributed by atoms with E-state index in [0.29, 0.717) is 18.2 Å². The highest BCUT2D eigenvalue weighted by Gasteiger charge is 2.28. The molecule has 0 radical (unpaired) electrons. The molecule has 1 saturated heterocycles. The van der Waals surface area contributed by atoms with Gasteiger partial charge in [-0.3, -0.25) is 9.69 Å². The Morgan fingerprint density at radius 2 is 1.96 bits per heavy atom. The summed E-state index contributed by atoms with van der Waals surface area (Å²) in [6.07, 6.45) is 3.60. The number of hydrogen-bond acceptors (Lipinski definition) is 4. The van der Waals surface area contributed by atoms with Gasteiger partial charge in [0.2, 0.25) is 5.91 Å². The molecule has 1 atom stereocenters. The van der Waals surface area contributed by atoms with Gasteiger partial charge in [0, 0.05) is 12.1 Å². The van der Waals surface area contributed by atoms with Crippen LogP contribution in [0.5, 0.6) is 5.75 Å². The summed E-state index contributed by atoms with van der Waals surface area (Å²) in [4.78, 5) is 16.8. The predicted molar refractivity (Wildman–Crippen MR) is 114 cm³/mol. The number of hydrogen-bond donors (Lipinski definition) is 1. The minimum Gasteiger partial charge on any atom is -0.492 e. The SMILES string of the molecule is CNCCC1CCN(C(C)C(=O)N(C)CCOc2ccc(Cl)cc2)CC1.Cl. The lowest BCUT2D eigenvalue weighted by Crippen LogP contribution is -2.49. The summed E-state index contributed by atoms with van der Waals surface area (Å²) in [6.45, 7) is 6.17. The smallest absolute Gasteiger partial charge is 0.239 e. The molecule has 27 heavy (non-hydrogen) atoms. The van der Waals surface area contributed by atoms with Gasteiger partial charge in [0.05, 0.1) is 12.6 Å². The molecular weight excluding hydrogens is 385 g/mol. The van der Waals surface area contributed by atoms with Gasteiger partial charge in [-0.2, -0.15) is 0 Å². The van der Waals surface area contributed by atoms with E-state index in [4.69, 9.17) is 16.3 Å². The van der Waals surface area contributed by atoms with Crippen molar-refractivity contribution in [2.75, 3.05) is 46.9 Å². The van der Waals surface area contributed by atoms with E-state index in [9.17, 15) is 4.79 Å². The molecule has 0 aliphatic carbocycles. The number of benzene rings is 1. The summed E-state index contributed by atoms with van der Waals surface area (Å²) in [7, 11) is 3.85. The minimum absolute atomic E-state index is 0. The number of amides is 1. The van der Waals surface area contributed by atoms with Crippen LogP contribution in [0.1, 0.15) is 26.2 Å². The van der Waals surface area contributed by atoms with Gasteiger partial charge < -0.3 is 15.0 Å². The van der Waals surface area contributed by atoms with Gasteiger partial charge in [-0.25, -0.2) is 0 Å². The van der Waals surface area contributed by atoms with Crippen LogP contribution in [0.3, 0.4) is 0 Å². The van der Waals surface area contributed by atoms with E-state index in [1.165, 1.54) is 19.3 Å². The number of rotatable bonds is 9. The number of carbonyl (C=O) groups excluding carboxylic acids is 1. The van der Waals surface area contributed by atoms with Crippen molar-refractivity contribution in [1.82, 2.24) is 15.1 Å². The van der Waals surface area contributed by atoms with Gasteiger partial charge in [-0.05, 0) is 83.1 Å². The van der Waals surface area contributed by atoms with Crippen LogP contribution in [0, 0.1) is 5.92 Å². The quantitative estimate of drug-likeness (QED) is 0.669. The van der Waals surface area contributed by atoms with Crippen LogP contribution in [0.15, 0.2) is 24.3 Å². The summed E-state index contributed by atoms with van der Waals surface area (Å²) in [5.74, 6) is 1.72. The van der Waals surface area contributed by atoms with Crippen LogP contribution in [-0.2, 0) is 4.79 Å². The second-order valence-corrected chi connectivity index (χ2v) is 7.55. The van der Waals surface area contributed by atoms with E-state index in [1.807, 2.05) is 33.2 Å². The van der Waals surface area contributed by atoms with Crippen molar-refractivity contribution in [1.29, 1.82) is 0 Å². The number of carbonyl (C=O) groups is 1. The van der Waals surface area contributed by atoms with Crippen molar-refractivity contribution < 1.29 is 9.53 Å². The van der Waals surface area contributed by atoms with Crippen LogP contribution in [0.2, 0.25) is 5.02 Å². The van der Waals surface area contributed by atoms with Crippen molar-refractivity contribution in [2.45, 2.75) is 32.2 Å². The molecule has 1 aliphatic heterocycles. The number of ether oxygens (including phenoxy) is 1. The topological polar surface area (TPSA) is 44.8 Å². The molecule has 1 amide bonds. The molecule has 0 saturated carbocycles. The first-order valence-corrected chi connectivity index (χ1v) is 9.91. The number of nitrogens with zero attached hydrogens (tertiary/aromatic N) is 2. The third kappa shape index (κ3) is 7.86. The highest BCUT2D eigenvalue weighted by molar-refractivity contribution is 6.30. The first-order chi connectivity index (χ1) is 12.5. The van der Waals surface area contributed by atoms with Gasteiger partial charge in [0.1, 0.15) is 12.4 Å². The molecule has 0 bridgehead atoms. The summed E-state index contributed by atoms with van der Waals surface area (Å²) < 4.78 is 5.69. The fourth-order valence-corrected chi connectivity index (χ4v) is 3.52. The summed E-state index contributed by atoms with van der Waals surface area (Å²) in [6, 6.07) is 7.21. The molecule has 1 heterocycles. The molecule has 5 nitrogen and oxygen atoms in total. The second kappa shape index (κ2) is 12.4. The average Bonchev–Trinajstić information content (AvgIpc) is 2.67. The Morgan fingerprint density at radius 1 is 1.33 bits per heavy atom. The molecule has 1 N–H and O–H groups in total. The summed E-state index contributed by atoms with van der Waals surface area (Å²) >= 11 is 5.86. The van der Waals surface area contributed by atoms with E-state index in [-0.39, 0.29) is 24.4 Å². The summed E-state index contributed by atoms with van der Waals surface area (Å²) in [5, 5.41) is 3.91. The predicted octanol–water partition coefficient (Wildman–Crippen LogP) is 3.31. The Kier molecular flexibility index (Phi) is 11.1. The van der Waals surface area contributed by atoms with Crippen LogP contribution in [0.4, 0.5) is 0 Å². The third-order valence-corrected chi connectivity index (χ3v) is 5.49. The van der Waals surface area contributed by atoms with Crippen LogP contribution < -0.4 is 10.1 Å². The zero-order valence-electron chi connectivity index (χ0n) is 16.6. The minimum atomic E-state index is -0.0687. The van der Waals surface area contributed by atoms with E-state index >= 15 is 0 Å². The zero-order valence-corrected chi connectivity index (χ0v) is 18.2. The first-order valence-electron chi connectivity index (χ1n) is 9.53. The van der Waals surface area contributed by atoms with Gasteiger partial charge >= 0.3 is 0 Å². The Morgan fingerprint density at radius 3 is 2.56 bits per heavy atom. The number of likely N-dealkylation sites (N-methyl/N-ethyl adjacent to an activating group) is 1. The molecule has 7 heteroatoms. The Bertz CT molecular complexity index is 549. The van der Waals surface area contributed by atoms with Crippen molar-refractivity contribution in [3.8, 4) is 5.75 Å². The van der Waals surface area contributed by atoms with E-state index in [0.717, 1.165) is 31.3 Å². The van der Waals surface area contributed by atoms with Crippen molar-refractivity contribution in [3.63, 3.8) is 0 Å². The molecule has 1 unspecified atom stereocenters. The molecule has 2 rings (SSSR count). The molecular formula is C20H33Cl2N3O2. The van der Waals surface area contributed by atoms with Gasteiger partial charge in [0.25, 0.3) is 0 Å². The maximum atomic E-state index is 12.7. The van der Waals surface area contributed by atoms with E-state index < -0.39 is 0 Å². The van der Waals surface area contributed by atoms with Crippen LogP contribution in [0.25, 0.3) is 0 Å². The van der Waals surface area contributed by atoms with Gasteiger partial charge in [-0.15, -0.1) is 12.4 Å². The zero-order chi connectivity index (χ0) is 18.9. The largest absolute Gasteiger partial charge is 0.492 e. The van der Waals surface area contributed by atoms with Crippen LogP contribution in [-0.4, -0.2) is 68.6 Å². The van der Waals surface area contributed by atoms with E-state index in [1.54, 1.807) is 17.0 Å². The van der Waals surface area contributed by atoms with E-state index in [2.05, 4.69) is 10.2 Å². The standard InChI is InChI=1S/C20H32ClN3O2.ClH/c1-16(24-12-9-17(10-13-24)8-11-22-2)20(25)23(3)14-15-26-19-6-4-18(21)5-7-19;/h4-7,16-17,22H,8-15H2,1-3H3;1H. The lowest BCUT2D eigenvalue weighted by Gasteiger charge is -2.36. The fourth-order valence-electron chi connectivity index (χ4n) is 3.39. The lowest BCUT2D eigenvalue weighted by molar-refractivity contribution is -0.136. The molecule has 0 aromatic heterocycles. The second-order valence-electron chi connectivity index (χ2n) is 7.11. The van der Waals surface area contributed by atoms with Gasteiger partial charge in [0.15, 0.2) is 0 Å². The number of nitrogens with one attached hydrogen (secondary N) is 1. The fraction of sp³-hybridized carbons (Fsp3) is 0.650. The molecule has 0 spiro atoms.